The van der Waals surface area contributed by atoms with Crippen molar-refractivity contribution in [2.24, 2.45) is 5.92 Å². The van der Waals surface area contributed by atoms with Crippen LogP contribution >= 0.6 is 0 Å². The van der Waals surface area contributed by atoms with E-state index in [2.05, 4.69) is 6.58 Å². The van der Waals surface area contributed by atoms with Crippen molar-refractivity contribution in [3.63, 3.8) is 0 Å². The summed E-state index contributed by atoms with van der Waals surface area (Å²) in [6.07, 6.45) is 3.50. The Kier molecular flexibility index (Phi) is 4.38. The van der Waals surface area contributed by atoms with Gasteiger partial charge < -0.3 is 14.2 Å². The van der Waals surface area contributed by atoms with Gasteiger partial charge in [0.1, 0.15) is 18.0 Å². The molecule has 0 radical (unpaired) electrons. The maximum Gasteiger partial charge on any atom is 0.334 e. The number of allylic oxidation sites excluding steroid dienone is 2. The molecule has 3 heterocycles. The number of ketones is 1. The molecule has 0 spiro atoms. The van der Waals surface area contributed by atoms with E-state index in [4.69, 9.17) is 14.2 Å². The topological polar surface area (TPSA) is 78.9 Å². The van der Waals surface area contributed by atoms with Gasteiger partial charge in [-0.3, -0.25) is 4.79 Å². The molecule has 6 heteroatoms. The van der Waals surface area contributed by atoms with Crippen LogP contribution in [0, 0.1) is 5.92 Å². The Labute approximate surface area is 152 Å². The lowest BCUT2D eigenvalue weighted by atomic mass is 9.82. The zero-order valence-corrected chi connectivity index (χ0v) is 15.3. The third kappa shape index (κ3) is 2.89. The molecule has 0 amide bonds. The van der Waals surface area contributed by atoms with Gasteiger partial charge in [0, 0.05) is 23.6 Å². The zero-order valence-electron chi connectivity index (χ0n) is 15.3. The predicted octanol–water partition coefficient (Wildman–Crippen LogP) is 2.55. The average molecular weight is 358 g/mol. The van der Waals surface area contributed by atoms with Crippen molar-refractivity contribution in [2.45, 2.75) is 51.9 Å². The fourth-order valence-corrected chi connectivity index (χ4v) is 3.41. The van der Waals surface area contributed by atoms with Crippen LogP contribution in [0.3, 0.4) is 0 Å². The molecule has 2 bridgehead atoms. The fraction of sp³-hybridized carbons (Fsp3) is 0.450. The van der Waals surface area contributed by atoms with Gasteiger partial charge in [-0.05, 0) is 39.3 Å². The van der Waals surface area contributed by atoms with Gasteiger partial charge in [-0.2, -0.15) is 0 Å². The van der Waals surface area contributed by atoms with Gasteiger partial charge in [-0.15, -0.1) is 0 Å². The normalized spacial score (nSPS) is 35.9. The third-order valence-corrected chi connectivity index (χ3v) is 5.19. The maximum absolute atomic E-state index is 12.5. The Morgan fingerprint density at radius 3 is 2.77 bits per heavy atom. The van der Waals surface area contributed by atoms with E-state index in [1.54, 1.807) is 39.8 Å². The quantitative estimate of drug-likeness (QED) is 0.558. The number of hydrogen-bond donors (Lipinski definition) is 0. The second-order valence-corrected chi connectivity index (χ2v) is 7.10. The van der Waals surface area contributed by atoms with Gasteiger partial charge in [0.25, 0.3) is 0 Å². The SMILES string of the molecule is C=C1C(=O)O[C@H]2/C=C(/C)C3=CC(=O)[C@@](C)(C[C@@H](OC(=O)/C(C)=C\C)C12)O3. The van der Waals surface area contributed by atoms with Crippen LogP contribution in [0.2, 0.25) is 0 Å². The second kappa shape index (κ2) is 6.27. The first-order valence-electron chi connectivity index (χ1n) is 8.54. The summed E-state index contributed by atoms with van der Waals surface area (Å²) in [6.45, 7) is 10.6. The minimum absolute atomic E-state index is 0.104. The number of carbonyl (C=O) groups is 3. The average Bonchev–Trinajstić information content (AvgIpc) is 3.03. The summed E-state index contributed by atoms with van der Waals surface area (Å²) in [5.41, 5.74) is 0.195. The number of fused-ring (bicyclic) bond motifs is 3. The summed E-state index contributed by atoms with van der Waals surface area (Å²) in [5, 5.41) is 0. The van der Waals surface area contributed by atoms with Crippen molar-refractivity contribution < 1.29 is 28.6 Å². The van der Waals surface area contributed by atoms with E-state index < -0.39 is 35.7 Å². The molecule has 3 rings (SSSR count). The van der Waals surface area contributed by atoms with Crippen LogP contribution in [0.15, 0.2) is 47.3 Å². The Hall–Kier alpha value is -2.63. The molecule has 1 saturated heterocycles. The van der Waals surface area contributed by atoms with Gasteiger partial charge >= 0.3 is 11.9 Å². The lowest BCUT2D eigenvalue weighted by Gasteiger charge is -2.31. The molecule has 6 nitrogen and oxygen atoms in total. The Bertz CT molecular complexity index is 799. The van der Waals surface area contributed by atoms with Crippen LogP contribution in [0.4, 0.5) is 0 Å². The minimum Gasteiger partial charge on any atom is -0.479 e. The molecular weight excluding hydrogens is 336 g/mol. The molecule has 0 aliphatic carbocycles. The van der Waals surface area contributed by atoms with Crippen LogP contribution in [0.25, 0.3) is 0 Å². The molecule has 0 aromatic rings. The van der Waals surface area contributed by atoms with Crippen molar-refractivity contribution in [1.29, 1.82) is 0 Å². The van der Waals surface area contributed by atoms with Gasteiger partial charge in [-0.25, -0.2) is 9.59 Å². The van der Waals surface area contributed by atoms with E-state index in [9.17, 15) is 14.4 Å². The molecular formula is C20H22O6. The van der Waals surface area contributed by atoms with Gasteiger partial charge in [0.15, 0.2) is 5.60 Å². The number of ether oxygens (including phenoxy) is 3. The standard InChI is InChI=1S/C20H22O6/c1-6-10(2)18(22)25-15-9-20(5)16(21)8-13(26-20)11(3)7-14-17(15)12(4)19(23)24-14/h6-8,14-15,17H,4,9H2,1-3,5H3/b10-6-,11-7-/t14-,15+,17?,20+/m0/s1. The van der Waals surface area contributed by atoms with Crippen molar-refractivity contribution in [3.05, 3.63) is 47.3 Å². The van der Waals surface area contributed by atoms with Crippen molar-refractivity contribution in [2.75, 3.05) is 0 Å². The van der Waals surface area contributed by atoms with E-state index in [-0.39, 0.29) is 17.8 Å². The van der Waals surface area contributed by atoms with Crippen molar-refractivity contribution in [3.8, 4) is 0 Å². The van der Waals surface area contributed by atoms with Gasteiger partial charge in [-0.1, -0.05) is 12.7 Å². The molecule has 0 N–H and O–H groups in total. The minimum atomic E-state index is -1.17. The first kappa shape index (κ1) is 18.2. The van der Waals surface area contributed by atoms with E-state index in [0.717, 1.165) is 0 Å². The van der Waals surface area contributed by atoms with Crippen LogP contribution < -0.4 is 0 Å². The molecule has 26 heavy (non-hydrogen) atoms. The van der Waals surface area contributed by atoms with Crippen LogP contribution in [-0.2, 0) is 28.6 Å². The van der Waals surface area contributed by atoms with Crippen LogP contribution in [0.5, 0.6) is 0 Å². The number of carbonyl (C=O) groups excluding carboxylic acids is 3. The monoisotopic (exact) mass is 358 g/mol. The van der Waals surface area contributed by atoms with Crippen molar-refractivity contribution in [1.82, 2.24) is 0 Å². The molecule has 0 aromatic heterocycles. The highest BCUT2D eigenvalue weighted by atomic mass is 16.6. The lowest BCUT2D eigenvalue weighted by molar-refractivity contribution is -0.153. The summed E-state index contributed by atoms with van der Waals surface area (Å²) >= 11 is 0. The zero-order chi connectivity index (χ0) is 19.2. The highest BCUT2D eigenvalue weighted by Crippen LogP contribution is 2.42. The van der Waals surface area contributed by atoms with E-state index in [1.807, 2.05) is 0 Å². The molecule has 138 valence electrons. The molecule has 1 fully saturated rings. The number of esters is 2. The largest absolute Gasteiger partial charge is 0.479 e. The fourth-order valence-electron chi connectivity index (χ4n) is 3.41. The smallest absolute Gasteiger partial charge is 0.334 e. The van der Waals surface area contributed by atoms with Gasteiger partial charge in [0.2, 0.25) is 5.78 Å². The predicted molar refractivity (Wildman–Crippen MR) is 92.8 cm³/mol. The van der Waals surface area contributed by atoms with E-state index in [1.165, 1.54) is 6.08 Å². The number of rotatable bonds is 2. The Morgan fingerprint density at radius 2 is 2.12 bits per heavy atom. The van der Waals surface area contributed by atoms with Crippen LogP contribution in [-0.4, -0.2) is 35.5 Å². The Balaban J connectivity index is 2.05. The summed E-state index contributed by atoms with van der Waals surface area (Å²) in [7, 11) is 0. The first-order valence-corrected chi connectivity index (χ1v) is 8.54. The van der Waals surface area contributed by atoms with Crippen LogP contribution in [0.1, 0.15) is 34.1 Å². The molecule has 3 aliphatic rings. The second-order valence-electron chi connectivity index (χ2n) is 7.10. The summed E-state index contributed by atoms with van der Waals surface area (Å²) in [4.78, 5) is 36.9. The highest BCUT2D eigenvalue weighted by molar-refractivity contribution is 6.00. The third-order valence-electron chi connectivity index (χ3n) is 5.19. The first-order chi connectivity index (χ1) is 12.2. The van der Waals surface area contributed by atoms with Gasteiger partial charge in [0.05, 0.1) is 5.92 Å². The molecule has 0 aromatic carbocycles. The lowest BCUT2D eigenvalue weighted by Crippen LogP contribution is -2.42. The van der Waals surface area contributed by atoms with Crippen molar-refractivity contribution >= 4 is 17.7 Å². The molecule has 1 unspecified atom stereocenters. The van der Waals surface area contributed by atoms with E-state index in [0.29, 0.717) is 16.9 Å². The van der Waals surface area contributed by atoms with E-state index >= 15 is 0 Å². The highest BCUT2D eigenvalue weighted by Gasteiger charge is 2.51. The Morgan fingerprint density at radius 1 is 1.42 bits per heavy atom. The number of hydrogen-bond acceptors (Lipinski definition) is 6. The summed E-state index contributed by atoms with van der Waals surface area (Å²) in [5.74, 6) is -1.35. The summed E-state index contributed by atoms with van der Waals surface area (Å²) < 4.78 is 17.0. The molecule has 4 atom stereocenters. The molecule has 0 saturated carbocycles. The maximum atomic E-state index is 12.5. The summed E-state index contributed by atoms with van der Waals surface area (Å²) in [6, 6.07) is 0. The molecule has 3 aliphatic heterocycles.